The van der Waals surface area contributed by atoms with E-state index in [0.29, 0.717) is 17.5 Å². The largest absolute Gasteiger partial charge is 0.494 e. The van der Waals surface area contributed by atoms with Crippen molar-refractivity contribution in [2.45, 2.75) is 37.3 Å². The lowest BCUT2D eigenvalue weighted by atomic mass is 9.81. The van der Waals surface area contributed by atoms with Gasteiger partial charge in [-0.1, -0.05) is 11.6 Å². The number of hydrogen-bond acceptors (Lipinski definition) is 7. The van der Waals surface area contributed by atoms with Gasteiger partial charge in [0.15, 0.2) is 5.82 Å². The van der Waals surface area contributed by atoms with Crippen LogP contribution in [0, 0.1) is 17.6 Å². The lowest BCUT2D eigenvalue weighted by Gasteiger charge is -2.30. The summed E-state index contributed by atoms with van der Waals surface area (Å²) >= 11 is 5.86. The maximum absolute atomic E-state index is 15.3. The van der Waals surface area contributed by atoms with Gasteiger partial charge in [0.1, 0.15) is 51.2 Å². The third kappa shape index (κ3) is 5.01. The van der Waals surface area contributed by atoms with E-state index in [2.05, 4.69) is 15.4 Å². The molecule has 2 aromatic heterocycles. The molecule has 10 nitrogen and oxygen atoms in total. The Morgan fingerprint density at radius 1 is 1.29 bits per heavy atom. The SMILES string of the molecule is COc1cc(C(=O)NCC(O)(c2cc3c(c(-c4ccc(F)c(Cl)c4F)n2)OC[C@]3(C)C(N)=O)C2CC2)cc2cn(C(F)F)nc12. The second-order valence-electron chi connectivity index (χ2n) is 11.3. The van der Waals surface area contributed by atoms with Crippen LogP contribution in [0.2, 0.25) is 5.02 Å². The Morgan fingerprint density at radius 2 is 2.02 bits per heavy atom. The Bertz CT molecular complexity index is 1880. The average molecular weight is 648 g/mol. The second kappa shape index (κ2) is 10.9. The number of nitrogens with two attached hydrogens (primary N) is 1. The highest BCUT2D eigenvalue weighted by molar-refractivity contribution is 6.31. The Labute approximate surface area is 258 Å². The molecule has 15 heteroatoms. The molecule has 0 saturated heterocycles. The number of alkyl halides is 2. The van der Waals surface area contributed by atoms with Crippen LogP contribution in [0.3, 0.4) is 0 Å². The third-order valence-electron chi connectivity index (χ3n) is 8.39. The van der Waals surface area contributed by atoms with Gasteiger partial charge in [-0.15, -0.1) is 0 Å². The number of ether oxygens (including phenoxy) is 2. The monoisotopic (exact) mass is 647 g/mol. The Kier molecular flexibility index (Phi) is 7.39. The number of hydrogen-bond donors (Lipinski definition) is 3. The van der Waals surface area contributed by atoms with Gasteiger partial charge < -0.3 is 25.6 Å². The van der Waals surface area contributed by atoms with Crippen LogP contribution in [0.15, 0.2) is 36.5 Å². The number of nitrogens with zero attached hydrogens (tertiary/aromatic N) is 3. The van der Waals surface area contributed by atoms with Gasteiger partial charge in [-0.3, -0.25) is 9.59 Å². The van der Waals surface area contributed by atoms with Crippen molar-refractivity contribution in [2.24, 2.45) is 11.7 Å². The molecule has 3 heterocycles. The zero-order valence-corrected chi connectivity index (χ0v) is 24.6. The molecule has 2 aliphatic rings. The van der Waals surface area contributed by atoms with Crippen LogP contribution in [0.1, 0.15) is 47.9 Å². The number of aliphatic hydroxyl groups is 1. The predicted octanol–water partition coefficient (Wildman–Crippen LogP) is 4.60. The van der Waals surface area contributed by atoms with Crippen molar-refractivity contribution in [1.82, 2.24) is 20.1 Å². The lowest BCUT2D eigenvalue weighted by Crippen LogP contribution is -2.44. The molecule has 45 heavy (non-hydrogen) atoms. The smallest absolute Gasteiger partial charge is 0.333 e. The van der Waals surface area contributed by atoms with Crippen molar-refractivity contribution >= 4 is 34.3 Å². The van der Waals surface area contributed by atoms with Gasteiger partial charge >= 0.3 is 6.55 Å². The minimum atomic E-state index is -2.90. The molecular formula is C30H26ClF4N5O5. The van der Waals surface area contributed by atoms with Crippen LogP contribution in [0.4, 0.5) is 17.6 Å². The minimum Gasteiger partial charge on any atom is -0.494 e. The molecule has 0 radical (unpaired) electrons. The van der Waals surface area contributed by atoms with Gasteiger partial charge in [0.05, 0.1) is 19.3 Å². The normalized spacial score (nSPS) is 18.9. The second-order valence-corrected chi connectivity index (χ2v) is 11.7. The van der Waals surface area contributed by atoms with Crippen LogP contribution >= 0.6 is 11.6 Å². The molecule has 1 aliphatic heterocycles. The first-order valence-electron chi connectivity index (χ1n) is 13.8. The summed E-state index contributed by atoms with van der Waals surface area (Å²) in [5.74, 6) is -3.81. The van der Waals surface area contributed by atoms with E-state index >= 15 is 4.39 Å². The van der Waals surface area contributed by atoms with Crippen molar-refractivity contribution in [3.63, 3.8) is 0 Å². The van der Waals surface area contributed by atoms with Gasteiger partial charge in [0.2, 0.25) is 5.91 Å². The summed E-state index contributed by atoms with van der Waals surface area (Å²) in [5, 5.41) is 18.0. The zero-order valence-electron chi connectivity index (χ0n) is 23.8. The van der Waals surface area contributed by atoms with Crippen molar-refractivity contribution < 1.29 is 41.7 Å². The minimum absolute atomic E-state index is 0.0110. The Balaban J connectivity index is 1.41. The van der Waals surface area contributed by atoms with E-state index in [-0.39, 0.29) is 69.5 Å². The van der Waals surface area contributed by atoms with Gasteiger partial charge in [-0.25, -0.2) is 18.4 Å². The Hall–Kier alpha value is -4.43. The Morgan fingerprint density at radius 3 is 2.67 bits per heavy atom. The third-order valence-corrected chi connectivity index (χ3v) is 8.74. The molecule has 1 unspecified atom stereocenters. The van der Waals surface area contributed by atoms with Crippen molar-refractivity contribution in [1.29, 1.82) is 0 Å². The van der Waals surface area contributed by atoms with E-state index in [9.17, 15) is 27.9 Å². The predicted molar refractivity (Wildman–Crippen MR) is 153 cm³/mol. The number of carbonyl (C=O) groups excluding carboxylic acids is 2. The maximum Gasteiger partial charge on any atom is 0.333 e. The number of rotatable bonds is 9. The van der Waals surface area contributed by atoms with Crippen LogP contribution in [0.5, 0.6) is 11.5 Å². The zero-order chi connectivity index (χ0) is 32.4. The van der Waals surface area contributed by atoms with Crippen molar-refractivity contribution in [3.05, 3.63) is 70.0 Å². The fourth-order valence-corrected chi connectivity index (χ4v) is 5.70. The summed E-state index contributed by atoms with van der Waals surface area (Å²) < 4.78 is 67.3. The standard InChI is InChI=1S/C30H26ClF4N5O5/c1-29(27(36)42)12-45-25-17(29)9-20(38-24(25)16-5-6-18(32)21(31)22(16)33)30(43,15-3-4-15)11-37-26(41)13-7-14-10-40(28(34)35)39-23(14)19(8-13)44-2/h5-10,15,28,43H,3-4,11-12H2,1-2H3,(H2,36,42)(H,37,41)/t29-,30?/m0/s1. The molecule has 0 bridgehead atoms. The first-order chi connectivity index (χ1) is 21.3. The number of methoxy groups -OCH3 is 1. The lowest BCUT2D eigenvalue weighted by molar-refractivity contribution is -0.123. The van der Waals surface area contributed by atoms with E-state index in [1.54, 1.807) is 0 Å². The molecule has 2 aromatic carbocycles. The van der Waals surface area contributed by atoms with E-state index in [0.717, 1.165) is 18.3 Å². The summed E-state index contributed by atoms with van der Waals surface area (Å²) in [6.07, 6.45) is 2.20. The summed E-state index contributed by atoms with van der Waals surface area (Å²) in [6, 6.07) is 6.20. The number of aromatic nitrogens is 3. The number of fused-ring (bicyclic) bond motifs is 2. The van der Waals surface area contributed by atoms with Crippen molar-refractivity contribution in [3.8, 4) is 22.8 Å². The summed E-state index contributed by atoms with van der Waals surface area (Å²) in [4.78, 5) is 30.4. The van der Waals surface area contributed by atoms with Gasteiger partial charge in [0.25, 0.3) is 5.91 Å². The van der Waals surface area contributed by atoms with E-state index < -0.39 is 46.0 Å². The molecule has 0 spiro atoms. The molecule has 6 rings (SSSR count). The topological polar surface area (TPSA) is 142 Å². The maximum atomic E-state index is 15.3. The van der Waals surface area contributed by atoms with Crippen LogP contribution in [-0.2, 0) is 15.8 Å². The molecule has 1 aliphatic carbocycles. The highest BCUT2D eigenvalue weighted by Gasteiger charge is 2.50. The molecule has 1 fully saturated rings. The fourth-order valence-electron chi connectivity index (χ4n) is 5.53. The van der Waals surface area contributed by atoms with Crippen LogP contribution in [-0.4, -0.2) is 51.9 Å². The van der Waals surface area contributed by atoms with Crippen LogP contribution in [0.25, 0.3) is 22.2 Å². The number of primary amides is 1. The first kappa shape index (κ1) is 30.6. The van der Waals surface area contributed by atoms with Crippen LogP contribution < -0.4 is 20.5 Å². The van der Waals surface area contributed by atoms with E-state index in [4.69, 9.17) is 26.8 Å². The quantitative estimate of drug-likeness (QED) is 0.178. The van der Waals surface area contributed by atoms with Gasteiger partial charge in [0, 0.05) is 28.3 Å². The summed E-state index contributed by atoms with van der Waals surface area (Å²) in [5.41, 5.74) is 2.54. The summed E-state index contributed by atoms with van der Waals surface area (Å²) in [6.45, 7) is -1.95. The molecule has 4 aromatic rings. The van der Waals surface area contributed by atoms with Gasteiger partial charge in [-0.2, -0.15) is 13.9 Å². The van der Waals surface area contributed by atoms with E-state index in [1.165, 1.54) is 32.2 Å². The van der Waals surface area contributed by atoms with E-state index in [1.807, 2.05) is 0 Å². The average Bonchev–Trinajstić information content (AvgIpc) is 3.69. The molecule has 2 atom stereocenters. The van der Waals surface area contributed by atoms with Crippen molar-refractivity contribution in [2.75, 3.05) is 20.3 Å². The van der Waals surface area contributed by atoms with Gasteiger partial charge in [-0.05, 0) is 56.0 Å². The fraction of sp³-hybridized carbons (Fsp3) is 0.333. The number of nitrogens with one attached hydrogen (secondary N) is 1. The number of halogens is 5. The molecular weight excluding hydrogens is 622 g/mol. The number of carbonyl (C=O) groups is 2. The highest BCUT2D eigenvalue weighted by atomic mass is 35.5. The highest BCUT2D eigenvalue weighted by Crippen LogP contribution is 2.50. The molecule has 1 saturated carbocycles. The summed E-state index contributed by atoms with van der Waals surface area (Å²) in [7, 11) is 1.31. The first-order valence-corrected chi connectivity index (χ1v) is 14.1. The molecule has 236 valence electrons. The number of benzene rings is 2. The number of amides is 2. The number of pyridine rings is 1. The molecule has 4 N–H and O–H groups in total. The molecule has 2 amide bonds.